The van der Waals surface area contributed by atoms with E-state index in [0.29, 0.717) is 12.2 Å². The van der Waals surface area contributed by atoms with Gasteiger partial charge in [-0.2, -0.15) is 0 Å². The quantitative estimate of drug-likeness (QED) is 0.381. The van der Waals surface area contributed by atoms with Gasteiger partial charge in [-0.15, -0.1) is 0 Å². The highest BCUT2D eigenvalue weighted by atomic mass is 28.1. The highest BCUT2D eigenvalue weighted by Gasteiger charge is 2.21. The Labute approximate surface area is 116 Å². The number of ether oxygens (including phenoxy) is 1. The van der Waals surface area contributed by atoms with Gasteiger partial charge in [0.15, 0.2) is 0 Å². The minimum atomic E-state index is 0.413. The zero-order valence-corrected chi connectivity index (χ0v) is 14.5. The second kappa shape index (κ2) is 9.76. The summed E-state index contributed by atoms with van der Waals surface area (Å²) < 4.78 is 5.75. The Hall–Kier alpha value is -0.123. The first-order valence-corrected chi connectivity index (χ1v) is 9.16. The molecule has 0 saturated carbocycles. The third-order valence-corrected chi connectivity index (χ3v) is 3.96. The molecule has 0 N–H and O–H groups in total. The predicted molar refractivity (Wildman–Crippen MR) is 83.4 cm³/mol. The highest BCUT2D eigenvalue weighted by molar-refractivity contribution is 6.09. The molecule has 1 aliphatic heterocycles. The van der Waals surface area contributed by atoms with Crippen LogP contribution >= 0.6 is 0 Å². The maximum atomic E-state index is 5.75. The van der Waals surface area contributed by atoms with Gasteiger partial charge in [0.05, 0.1) is 12.2 Å². The molecule has 1 saturated heterocycles. The van der Waals surface area contributed by atoms with E-state index in [0.717, 1.165) is 13.1 Å². The molecule has 1 rings (SSSR count). The van der Waals surface area contributed by atoms with Gasteiger partial charge in [-0.1, -0.05) is 25.0 Å². The zero-order valence-electron chi connectivity index (χ0n) is 12.5. The van der Waals surface area contributed by atoms with Crippen molar-refractivity contribution in [1.29, 1.82) is 0 Å². The van der Waals surface area contributed by atoms with Crippen LogP contribution in [-0.2, 0) is 4.74 Å². The molecular weight excluding hydrogens is 238 g/mol. The first-order chi connectivity index (χ1) is 8.72. The van der Waals surface area contributed by atoms with Gasteiger partial charge < -0.3 is 4.74 Å². The largest absolute Gasteiger partial charge is 0.373 e. The number of morpholine rings is 1. The number of unbranched alkanes of at least 4 members (excludes halogenated alkanes) is 4. The second-order valence-corrected chi connectivity index (χ2v) is 6.42. The Balaban J connectivity index is 1.95. The molecule has 2 nitrogen and oxygen atoms in total. The van der Waals surface area contributed by atoms with Crippen molar-refractivity contribution in [3.8, 4) is 0 Å². The predicted octanol–water partition coefficient (Wildman–Crippen LogP) is 2.39. The van der Waals surface area contributed by atoms with Crippen molar-refractivity contribution in [1.82, 2.24) is 4.90 Å². The first-order valence-electron chi connectivity index (χ1n) is 7.75. The number of rotatable bonds is 8. The molecule has 1 heterocycles. The van der Waals surface area contributed by atoms with Crippen LogP contribution in [0, 0.1) is 0 Å². The average molecular weight is 270 g/mol. The van der Waals surface area contributed by atoms with Crippen LogP contribution < -0.4 is 0 Å². The van der Waals surface area contributed by atoms with Crippen molar-refractivity contribution in [2.24, 2.45) is 0 Å². The molecule has 3 heteroatoms. The van der Waals surface area contributed by atoms with Crippen molar-refractivity contribution < 1.29 is 4.74 Å². The molecule has 2 unspecified atom stereocenters. The molecule has 1 fully saturated rings. The summed E-state index contributed by atoms with van der Waals surface area (Å²) >= 11 is 0. The first kappa shape index (κ1) is 15.9. The van der Waals surface area contributed by atoms with Crippen LogP contribution in [0.1, 0.15) is 46.0 Å². The van der Waals surface area contributed by atoms with Crippen LogP contribution in [0.2, 0.25) is 6.04 Å². The van der Waals surface area contributed by atoms with Crippen molar-refractivity contribution in [2.75, 3.05) is 19.6 Å². The number of hydrogen-bond donors (Lipinski definition) is 0. The number of allylic oxidation sites excluding steroid dienone is 2. The monoisotopic (exact) mass is 269 g/mol. The lowest BCUT2D eigenvalue weighted by molar-refractivity contribution is -0.0681. The maximum Gasteiger partial charge on any atom is 0.0678 e. The van der Waals surface area contributed by atoms with E-state index in [1.807, 2.05) is 0 Å². The molecular formula is C15H31NOSi. The van der Waals surface area contributed by atoms with E-state index < -0.39 is 0 Å². The van der Waals surface area contributed by atoms with Crippen LogP contribution in [-0.4, -0.2) is 47.0 Å². The summed E-state index contributed by atoms with van der Waals surface area (Å²) in [6, 6.07) is 1.31. The summed E-state index contributed by atoms with van der Waals surface area (Å²) in [6.45, 7) is 7.87. The average Bonchev–Trinajstić information content (AvgIpc) is 2.31. The number of nitrogens with zero attached hydrogens (tertiary/aromatic N) is 1. The highest BCUT2D eigenvalue weighted by Crippen LogP contribution is 2.12. The van der Waals surface area contributed by atoms with Gasteiger partial charge in [-0.05, 0) is 45.7 Å². The summed E-state index contributed by atoms with van der Waals surface area (Å²) in [4.78, 5) is 2.57. The van der Waals surface area contributed by atoms with E-state index in [1.165, 1.54) is 54.9 Å². The molecule has 0 aliphatic carbocycles. The van der Waals surface area contributed by atoms with Crippen LogP contribution in [0.25, 0.3) is 0 Å². The third-order valence-electron chi connectivity index (χ3n) is 3.49. The molecule has 0 aromatic carbocycles. The van der Waals surface area contributed by atoms with Crippen LogP contribution in [0.3, 0.4) is 0 Å². The minimum Gasteiger partial charge on any atom is -0.373 e. The molecule has 0 aromatic rings. The van der Waals surface area contributed by atoms with Crippen LogP contribution in [0.15, 0.2) is 12.2 Å². The van der Waals surface area contributed by atoms with Gasteiger partial charge in [0.2, 0.25) is 0 Å². The molecule has 0 radical (unpaired) electrons. The smallest absolute Gasteiger partial charge is 0.0678 e. The fourth-order valence-electron chi connectivity index (χ4n) is 2.70. The van der Waals surface area contributed by atoms with Crippen molar-refractivity contribution in [3.63, 3.8) is 0 Å². The molecule has 0 aromatic heterocycles. The number of hydrogen-bond acceptors (Lipinski definition) is 2. The molecule has 1 aliphatic rings. The Kier molecular flexibility index (Phi) is 8.64. The van der Waals surface area contributed by atoms with E-state index >= 15 is 0 Å². The lowest BCUT2D eigenvalue weighted by atomic mass is 10.1. The summed E-state index contributed by atoms with van der Waals surface area (Å²) in [5.41, 5.74) is 0. The van der Waals surface area contributed by atoms with Crippen LogP contribution in [0.5, 0.6) is 0 Å². The summed E-state index contributed by atoms with van der Waals surface area (Å²) in [7, 11) is 1.31. The standard InChI is InChI=1S/C15H31NOSi/c1-14-12-16(13-15(2)17-14)10-8-6-4-3-5-7-9-11-18/h7,9,14-15H,3-6,8,10-13H2,1-2,18H3. The van der Waals surface area contributed by atoms with E-state index in [9.17, 15) is 0 Å². The molecule has 2 atom stereocenters. The zero-order chi connectivity index (χ0) is 13.2. The van der Waals surface area contributed by atoms with E-state index in [-0.39, 0.29) is 0 Å². The lowest BCUT2D eigenvalue weighted by Crippen LogP contribution is -2.45. The molecule has 0 bridgehead atoms. The summed E-state index contributed by atoms with van der Waals surface area (Å²) in [5, 5.41) is 0. The summed E-state index contributed by atoms with van der Waals surface area (Å²) in [6.07, 6.45) is 12.3. The van der Waals surface area contributed by atoms with E-state index in [1.54, 1.807) is 0 Å². The Morgan fingerprint density at radius 2 is 1.72 bits per heavy atom. The second-order valence-electron chi connectivity index (χ2n) is 5.60. The third kappa shape index (κ3) is 7.34. The summed E-state index contributed by atoms with van der Waals surface area (Å²) in [5.74, 6) is 0. The molecule has 0 spiro atoms. The van der Waals surface area contributed by atoms with Gasteiger partial charge in [-0.3, -0.25) is 4.90 Å². The van der Waals surface area contributed by atoms with Crippen molar-refractivity contribution in [2.45, 2.75) is 64.2 Å². The van der Waals surface area contributed by atoms with E-state index in [4.69, 9.17) is 4.74 Å². The maximum absolute atomic E-state index is 5.75. The van der Waals surface area contributed by atoms with Gasteiger partial charge in [-0.25, -0.2) is 0 Å². The van der Waals surface area contributed by atoms with Gasteiger partial charge in [0.1, 0.15) is 0 Å². The molecule has 0 amide bonds. The van der Waals surface area contributed by atoms with Crippen molar-refractivity contribution in [3.05, 3.63) is 12.2 Å². The lowest BCUT2D eigenvalue weighted by Gasteiger charge is -2.35. The van der Waals surface area contributed by atoms with Gasteiger partial charge >= 0.3 is 0 Å². The van der Waals surface area contributed by atoms with E-state index in [2.05, 4.69) is 30.9 Å². The Morgan fingerprint density at radius 3 is 2.39 bits per heavy atom. The van der Waals surface area contributed by atoms with Gasteiger partial charge in [0, 0.05) is 23.3 Å². The fraction of sp³-hybridized carbons (Fsp3) is 0.867. The Morgan fingerprint density at radius 1 is 1.06 bits per heavy atom. The van der Waals surface area contributed by atoms with Gasteiger partial charge in [0.25, 0.3) is 0 Å². The van der Waals surface area contributed by atoms with Crippen molar-refractivity contribution >= 4 is 10.2 Å². The fourth-order valence-corrected chi connectivity index (χ4v) is 3.04. The molecule has 18 heavy (non-hydrogen) atoms. The SMILES string of the molecule is CC1CN(CCCCCCC=CC[SiH3])CC(C)O1. The minimum absolute atomic E-state index is 0.413. The molecule has 106 valence electrons. The normalized spacial score (nSPS) is 26.1. The van der Waals surface area contributed by atoms with Crippen LogP contribution in [0.4, 0.5) is 0 Å². The topological polar surface area (TPSA) is 12.5 Å². The Bertz CT molecular complexity index is 223.